The molecule has 0 spiro atoms. The van der Waals surface area contributed by atoms with Crippen LogP contribution in [-0.2, 0) is 10.1 Å². The second-order valence-corrected chi connectivity index (χ2v) is 4.11. The SMILES string of the molecule is O=S(=O)(O)/C=C/c1cccs1. The molecular weight excluding hydrogens is 184 g/mol. The van der Waals surface area contributed by atoms with Crippen molar-refractivity contribution in [2.45, 2.75) is 0 Å². The molecule has 0 saturated carbocycles. The van der Waals surface area contributed by atoms with E-state index in [9.17, 15) is 8.42 Å². The van der Waals surface area contributed by atoms with E-state index in [0.717, 1.165) is 10.3 Å². The van der Waals surface area contributed by atoms with Crippen LogP contribution in [0.15, 0.2) is 22.9 Å². The standard InChI is InChI=1S/C6H6O3S2/c7-11(8,9)5-3-6-2-1-4-10-6/h1-5H,(H,7,8,9)/b5-3+. The van der Waals surface area contributed by atoms with Crippen molar-refractivity contribution >= 4 is 27.5 Å². The van der Waals surface area contributed by atoms with Crippen LogP contribution >= 0.6 is 11.3 Å². The van der Waals surface area contributed by atoms with E-state index in [2.05, 4.69) is 0 Å². The first kappa shape index (κ1) is 8.45. The molecule has 0 radical (unpaired) electrons. The highest BCUT2D eigenvalue weighted by molar-refractivity contribution is 7.88. The fraction of sp³-hybridized carbons (Fsp3) is 0. The molecule has 0 fully saturated rings. The van der Waals surface area contributed by atoms with Gasteiger partial charge in [-0.15, -0.1) is 11.3 Å². The summed E-state index contributed by atoms with van der Waals surface area (Å²) in [4.78, 5) is 0.794. The summed E-state index contributed by atoms with van der Waals surface area (Å²) in [6.07, 6.45) is 1.35. The predicted octanol–water partition coefficient (Wildman–Crippen LogP) is 1.61. The summed E-state index contributed by atoms with van der Waals surface area (Å²) >= 11 is 1.40. The molecule has 0 unspecified atom stereocenters. The fourth-order valence-corrected chi connectivity index (χ4v) is 1.56. The van der Waals surface area contributed by atoms with Crippen LogP contribution in [0.25, 0.3) is 6.08 Å². The van der Waals surface area contributed by atoms with Gasteiger partial charge in [0.15, 0.2) is 0 Å². The van der Waals surface area contributed by atoms with Crippen LogP contribution in [0.1, 0.15) is 4.88 Å². The quantitative estimate of drug-likeness (QED) is 0.721. The molecule has 0 saturated heterocycles. The molecule has 1 rings (SSSR count). The maximum absolute atomic E-state index is 10.2. The first-order chi connectivity index (χ1) is 5.08. The average Bonchev–Trinajstić information content (AvgIpc) is 2.32. The highest BCUT2D eigenvalue weighted by Gasteiger charge is 1.95. The predicted molar refractivity (Wildman–Crippen MR) is 44.9 cm³/mol. The monoisotopic (exact) mass is 190 g/mol. The molecule has 11 heavy (non-hydrogen) atoms. The van der Waals surface area contributed by atoms with Gasteiger partial charge < -0.3 is 0 Å². The van der Waals surface area contributed by atoms with Crippen LogP contribution in [-0.4, -0.2) is 13.0 Å². The van der Waals surface area contributed by atoms with Gasteiger partial charge in [0.05, 0.1) is 5.41 Å². The Bertz CT molecular complexity index is 334. The molecule has 5 heteroatoms. The Hall–Kier alpha value is -0.650. The summed E-state index contributed by atoms with van der Waals surface area (Å²) < 4.78 is 28.7. The molecule has 3 nitrogen and oxygen atoms in total. The maximum atomic E-state index is 10.2. The highest BCUT2D eigenvalue weighted by atomic mass is 32.2. The zero-order valence-electron chi connectivity index (χ0n) is 5.47. The van der Waals surface area contributed by atoms with Crippen molar-refractivity contribution in [3.63, 3.8) is 0 Å². The lowest BCUT2D eigenvalue weighted by Gasteiger charge is -1.82. The zero-order valence-corrected chi connectivity index (χ0v) is 7.10. The Morgan fingerprint density at radius 3 is 2.73 bits per heavy atom. The maximum Gasteiger partial charge on any atom is 0.287 e. The first-order valence-corrected chi connectivity index (χ1v) is 5.15. The smallest absolute Gasteiger partial charge is 0.282 e. The third-order valence-electron chi connectivity index (χ3n) is 0.947. The summed E-state index contributed by atoms with van der Waals surface area (Å²) in [6, 6.07) is 3.56. The van der Waals surface area contributed by atoms with Crippen LogP contribution in [0.3, 0.4) is 0 Å². The van der Waals surface area contributed by atoms with E-state index in [1.165, 1.54) is 17.4 Å². The van der Waals surface area contributed by atoms with Crippen molar-refractivity contribution in [1.82, 2.24) is 0 Å². The Kier molecular flexibility index (Phi) is 2.43. The summed E-state index contributed by atoms with van der Waals surface area (Å²) in [5.74, 6) is 0. The Labute approximate surface area is 68.7 Å². The Morgan fingerprint density at radius 1 is 1.55 bits per heavy atom. The minimum absolute atomic E-state index is 0.763. The fourth-order valence-electron chi connectivity index (χ4n) is 0.539. The molecule has 1 aromatic rings. The van der Waals surface area contributed by atoms with E-state index in [1.807, 2.05) is 5.38 Å². The van der Waals surface area contributed by atoms with E-state index >= 15 is 0 Å². The highest BCUT2D eigenvalue weighted by Crippen LogP contribution is 2.10. The number of rotatable bonds is 2. The largest absolute Gasteiger partial charge is 0.287 e. The van der Waals surface area contributed by atoms with E-state index in [-0.39, 0.29) is 0 Å². The average molecular weight is 190 g/mol. The third-order valence-corrected chi connectivity index (χ3v) is 2.27. The molecule has 60 valence electrons. The van der Waals surface area contributed by atoms with Crippen LogP contribution in [0.5, 0.6) is 0 Å². The second-order valence-electron chi connectivity index (χ2n) is 1.83. The molecule has 0 aromatic carbocycles. The molecular formula is C6H6O3S2. The molecule has 0 amide bonds. The van der Waals surface area contributed by atoms with E-state index in [4.69, 9.17) is 4.55 Å². The van der Waals surface area contributed by atoms with Gasteiger partial charge in [0, 0.05) is 4.88 Å². The normalized spacial score (nSPS) is 12.5. The van der Waals surface area contributed by atoms with E-state index < -0.39 is 10.1 Å². The Balaban J connectivity index is 2.79. The second kappa shape index (κ2) is 3.17. The summed E-state index contributed by atoms with van der Waals surface area (Å²) in [5, 5.41) is 2.59. The van der Waals surface area contributed by atoms with Crippen LogP contribution in [0.2, 0.25) is 0 Å². The first-order valence-electron chi connectivity index (χ1n) is 2.77. The van der Waals surface area contributed by atoms with Crippen molar-refractivity contribution < 1.29 is 13.0 Å². The summed E-state index contributed by atoms with van der Waals surface area (Å²) in [6.45, 7) is 0. The molecule has 1 N–H and O–H groups in total. The van der Waals surface area contributed by atoms with Gasteiger partial charge in [-0.1, -0.05) is 6.07 Å². The molecule has 0 bridgehead atoms. The third kappa shape index (κ3) is 3.31. The Morgan fingerprint density at radius 2 is 2.27 bits per heavy atom. The van der Waals surface area contributed by atoms with Crippen molar-refractivity contribution in [2.75, 3.05) is 0 Å². The van der Waals surface area contributed by atoms with Crippen LogP contribution in [0.4, 0.5) is 0 Å². The van der Waals surface area contributed by atoms with Gasteiger partial charge in [-0.05, 0) is 17.5 Å². The summed E-state index contributed by atoms with van der Waals surface area (Å²) in [7, 11) is -3.97. The van der Waals surface area contributed by atoms with Gasteiger partial charge in [0.1, 0.15) is 0 Å². The number of hydrogen-bond donors (Lipinski definition) is 1. The van der Waals surface area contributed by atoms with Gasteiger partial charge in [0.25, 0.3) is 10.1 Å². The van der Waals surface area contributed by atoms with Crippen molar-refractivity contribution in [1.29, 1.82) is 0 Å². The number of thiophene rings is 1. The lowest BCUT2D eigenvalue weighted by atomic mass is 10.5. The van der Waals surface area contributed by atoms with Crippen molar-refractivity contribution in [2.24, 2.45) is 0 Å². The molecule has 1 aromatic heterocycles. The van der Waals surface area contributed by atoms with Gasteiger partial charge in [-0.2, -0.15) is 8.42 Å². The molecule has 0 aliphatic carbocycles. The van der Waals surface area contributed by atoms with Gasteiger partial charge in [-0.25, -0.2) is 0 Å². The minimum atomic E-state index is -3.97. The van der Waals surface area contributed by atoms with E-state index in [0.29, 0.717) is 0 Å². The molecule has 1 heterocycles. The van der Waals surface area contributed by atoms with Gasteiger partial charge in [0.2, 0.25) is 0 Å². The summed E-state index contributed by atoms with van der Waals surface area (Å²) in [5.41, 5.74) is 0. The molecule has 0 aliphatic rings. The lowest BCUT2D eigenvalue weighted by molar-refractivity contribution is 0.494. The zero-order chi connectivity index (χ0) is 8.32. The lowest BCUT2D eigenvalue weighted by Crippen LogP contribution is -1.88. The minimum Gasteiger partial charge on any atom is -0.282 e. The number of hydrogen-bond acceptors (Lipinski definition) is 3. The van der Waals surface area contributed by atoms with Crippen LogP contribution < -0.4 is 0 Å². The van der Waals surface area contributed by atoms with Crippen LogP contribution in [0, 0.1) is 0 Å². The van der Waals surface area contributed by atoms with Gasteiger partial charge in [-0.3, -0.25) is 4.55 Å². The topological polar surface area (TPSA) is 54.4 Å². The molecule has 0 atom stereocenters. The van der Waals surface area contributed by atoms with Crippen molar-refractivity contribution in [3.05, 3.63) is 27.8 Å². The van der Waals surface area contributed by atoms with E-state index in [1.54, 1.807) is 12.1 Å². The molecule has 0 aliphatic heterocycles. The van der Waals surface area contributed by atoms with Gasteiger partial charge >= 0.3 is 0 Å². The van der Waals surface area contributed by atoms with Crippen molar-refractivity contribution in [3.8, 4) is 0 Å².